The number of rotatable bonds is 2. The van der Waals surface area contributed by atoms with Crippen LogP contribution in [0.5, 0.6) is 0 Å². The molecule has 1 aliphatic heterocycles. The van der Waals surface area contributed by atoms with E-state index in [1.165, 1.54) is 0 Å². The molecule has 21 heavy (non-hydrogen) atoms. The molecule has 0 fully saturated rings. The summed E-state index contributed by atoms with van der Waals surface area (Å²) in [5, 5.41) is 0. The first-order chi connectivity index (χ1) is 10.2. The summed E-state index contributed by atoms with van der Waals surface area (Å²) in [6.45, 7) is 6.43. The number of carbonyl (C=O) groups is 1. The summed E-state index contributed by atoms with van der Waals surface area (Å²) in [5.41, 5.74) is 2.17. The van der Waals surface area contributed by atoms with Crippen molar-refractivity contribution in [3.05, 3.63) is 48.3 Å². The Balaban J connectivity index is 2.30. The van der Waals surface area contributed by atoms with Crippen LogP contribution in [0.2, 0.25) is 0 Å². The summed E-state index contributed by atoms with van der Waals surface area (Å²) in [6.07, 6.45) is 5.13. The van der Waals surface area contributed by atoms with Crippen LogP contribution in [0.3, 0.4) is 0 Å². The van der Waals surface area contributed by atoms with Gasteiger partial charge in [0, 0.05) is 26.0 Å². The lowest BCUT2D eigenvalue weighted by Crippen LogP contribution is -2.25. The highest BCUT2D eigenvalue weighted by Gasteiger charge is 2.30. The molecule has 0 aromatic carbocycles. The van der Waals surface area contributed by atoms with Crippen LogP contribution < -0.4 is 9.80 Å². The van der Waals surface area contributed by atoms with Gasteiger partial charge in [-0.3, -0.25) is 4.79 Å². The van der Waals surface area contributed by atoms with E-state index in [0.717, 1.165) is 17.1 Å². The van der Waals surface area contributed by atoms with Crippen molar-refractivity contribution in [1.29, 1.82) is 0 Å². The molecule has 106 valence electrons. The molecule has 5 nitrogen and oxygen atoms in total. The van der Waals surface area contributed by atoms with Gasteiger partial charge in [-0.2, -0.15) is 0 Å². The quantitative estimate of drug-likeness (QED) is 0.848. The number of amides is 1. The van der Waals surface area contributed by atoms with E-state index in [1.807, 2.05) is 30.0 Å². The zero-order valence-corrected chi connectivity index (χ0v) is 12.1. The zero-order chi connectivity index (χ0) is 15.0. The van der Waals surface area contributed by atoms with Gasteiger partial charge < -0.3 is 9.80 Å². The Labute approximate surface area is 123 Å². The third-order valence-electron chi connectivity index (χ3n) is 3.61. The Morgan fingerprint density at radius 3 is 2.86 bits per heavy atom. The van der Waals surface area contributed by atoms with Gasteiger partial charge in [0.2, 0.25) is 0 Å². The van der Waals surface area contributed by atoms with Gasteiger partial charge in [0.15, 0.2) is 5.82 Å². The lowest BCUT2D eigenvalue weighted by Gasteiger charge is -2.22. The van der Waals surface area contributed by atoms with Gasteiger partial charge >= 0.3 is 0 Å². The Hall–Kier alpha value is -2.69. The van der Waals surface area contributed by atoms with Crippen molar-refractivity contribution < 1.29 is 4.79 Å². The lowest BCUT2D eigenvalue weighted by atomic mass is 10.1. The van der Waals surface area contributed by atoms with Crippen molar-refractivity contribution in [3.63, 3.8) is 0 Å². The lowest BCUT2D eigenvalue weighted by molar-refractivity contribution is 0.0994. The maximum Gasteiger partial charge on any atom is 0.261 e. The minimum absolute atomic E-state index is 0.0913. The van der Waals surface area contributed by atoms with Crippen molar-refractivity contribution in [1.82, 2.24) is 9.97 Å². The molecule has 1 aliphatic rings. The van der Waals surface area contributed by atoms with E-state index >= 15 is 0 Å². The van der Waals surface area contributed by atoms with Crippen molar-refractivity contribution in [3.8, 4) is 0 Å². The monoisotopic (exact) mass is 280 g/mol. The SMILES string of the molecule is C=Cc1cnc2c(c1)C(=O)N(C)c1cccnc1N2CC. The third kappa shape index (κ3) is 1.98. The van der Waals surface area contributed by atoms with Crippen molar-refractivity contribution in [2.24, 2.45) is 0 Å². The summed E-state index contributed by atoms with van der Waals surface area (Å²) in [6, 6.07) is 5.54. The van der Waals surface area contributed by atoms with Gasteiger partial charge in [0.1, 0.15) is 5.82 Å². The molecule has 1 amide bonds. The van der Waals surface area contributed by atoms with E-state index in [4.69, 9.17) is 0 Å². The van der Waals surface area contributed by atoms with Crippen LogP contribution >= 0.6 is 0 Å². The summed E-state index contributed by atoms with van der Waals surface area (Å²) in [4.78, 5) is 25.2. The summed E-state index contributed by atoms with van der Waals surface area (Å²) in [5.74, 6) is 1.29. The molecular formula is C16H16N4O. The third-order valence-corrected chi connectivity index (χ3v) is 3.61. The van der Waals surface area contributed by atoms with E-state index in [2.05, 4.69) is 16.5 Å². The average Bonchev–Trinajstić information content (AvgIpc) is 2.62. The summed E-state index contributed by atoms with van der Waals surface area (Å²) < 4.78 is 0. The minimum Gasteiger partial charge on any atom is -0.309 e. The average molecular weight is 280 g/mol. The molecule has 0 saturated carbocycles. The van der Waals surface area contributed by atoms with Gasteiger partial charge in [-0.1, -0.05) is 12.7 Å². The smallest absolute Gasteiger partial charge is 0.261 e. The molecule has 0 saturated heterocycles. The fourth-order valence-electron chi connectivity index (χ4n) is 2.51. The molecular weight excluding hydrogens is 264 g/mol. The normalized spacial score (nSPS) is 13.5. The van der Waals surface area contributed by atoms with Crippen LogP contribution in [0.4, 0.5) is 17.3 Å². The number of hydrogen-bond acceptors (Lipinski definition) is 4. The fraction of sp³-hybridized carbons (Fsp3) is 0.188. The second-order valence-corrected chi connectivity index (χ2v) is 4.80. The van der Waals surface area contributed by atoms with Crippen molar-refractivity contribution in [2.45, 2.75) is 6.92 Å². The number of anilines is 3. The van der Waals surface area contributed by atoms with Gasteiger partial charge in [-0.25, -0.2) is 9.97 Å². The highest BCUT2D eigenvalue weighted by Crippen LogP contribution is 2.37. The molecule has 2 aromatic heterocycles. The van der Waals surface area contributed by atoms with Gasteiger partial charge in [-0.15, -0.1) is 0 Å². The van der Waals surface area contributed by atoms with Gasteiger partial charge in [0.05, 0.1) is 11.3 Å². The molecule has 3 rings (SSSR count). The predicted octanol–water partition coefficient (Wildman–Crippen LogP) is 2.87. The van der Waals surface area contributed by atoms with Crippen LogP contribution in [-0.4, -0.2) is 29.5 Å². The topological polar surface area (TPSA) is 49.3 Å². The maximum atomic E-state index is 12.7. The number of hydrogen-bond donors (Lipinski definition) is 0. The molecule has 0 atom stereocenters. The van der Waals surface area contributed by atoms with E-state index in [9.17, 15) is 4.79 Å². The van der Waals surface area contributed by atoms with E-state index in [1.54, 1.807) is 30.4 Å². The molecule has 0 unspecified atom stereocenters. The van der Waals surface area contributed by atoms with Gasteiger partial charge in [0.25, 0.3) is 5.91 Å². The first-order valence-corrected chi connectivity index (χ1v) is 6.80. The molecule has 0 bridgehead atoms. The van der Waals surface area contributed by atoms with E-state index in [-0.39, 0.29) is 5.91 Å². The van der Waals surface area contributed by atoms with Crippen LogP contribution in [-0.2, 0) is 0 Å². The fourth-order valence-corrected chi connectivity index (χ4v) is 2.51. The van der Waals surface area contributed by atoms with E-state index < -0.39 is 0 Å². The number of nitrogens with zero attached hydrogens (tertiary/aromatic N) is 4. The number of pyridine rings is 2. The Morgan fingerprint density at radius 1 is 1.33 bits per heavy atom. The number of carbonyl (C=O) groups excluding carboxylic acids is 1. The Morgan fingerprint density at radius 2 is 2.14 bits per heavy atom. The highest BCUT2D eigenvalue weighted by molar-refractivity contribution is 6.12. The summed E-state index contributed by atoms with van der Waals surface area (Å²) in [7, 11) is 1.76. The Bertz CT molecular complexity index is 726. The van der Waals surface area contributed by atoms with Crippen LogP contribution in [0, 0.1) is 0 Å². The van der Waals surface area contributed by atoms with Gasteiger partial charge in [-0.05, 0) is 30.7 Å². The maximum absolute atomic E-state index is 12.7. The van der Waals surface area contributed by atoms with Crippen LogP contribution in [0.1, 0.15) is 22.8 Å². The molecule has 0 N–H and O–H groups in total. The first-order valence-electron chi connectivity index (χ1n) is 6.80. The van der Waals surface area contributed by atoms with Crippen molar-refractivity contribution >= 4 is 29.3 Å². The molecule has 0 aliphatic carbocycles. The number of aromatic nitrogens is 2. The molecule has 3 heterocycles. The number of fused-ring (bicyclic) bond motifs is 2. The molecule has 0 radical (unpaired) electrons. The van der Waals surface area contributed by atoms with Crippen molar-refractivity contribution in [2.75, 3.05) is 23.4 Å². The molecule has 2 aromatic rings. The van der Waals surface area contributed by atoms with E-state index in [0.29, 0.717) is 17.9 Å². The largest absolute Gasteiger partial charge is 0.309 e. The second kappa shape index (κ2) is 5.01. The van der Waals surface area contributed by atoms with Crippen LogP contribution in [0.25, 0.3) is 6.08 Å². The Kier molecular flexibility index (Phi) is 3.17. The first kappa shape index (κ1) is 13.3. The predicted molar refractivity (Wildman–Crippen MR) is 84.0 cm³/mol. The van der Waals surface area contributed by atoms with Crippen LogP contribution in [0.15, 0.2) is 37.2 Å². The zero-order valence-electron chi connectivity index (χ0n) is 12.1. The minimum atomic E-state index is -0.0913. The molecule has 5 heteroatoms. The standard InChI is InChI=1S/C16H16N4O/c1-4-11-9-12-14(18-10-11)20(5-2)15-13(7-6-8-17-15)19(3)16(12)21/h4,6-10H,1,5H2,2-3H3. The highest BCUT2D eigenvalue weighted by atomic mass is 16.2. The summed E-state index contributed by atoms with van der Waals surface area (Å²) >= 11 is 0. The molecule has 0 spiro atoms. The second-order valence-electron chi connectivity index (χ2n) is 4.80.